The van der Waals surface area contributed by atoms with E-state index in [4.69, 9.17) is 9.47 Å². The minimum Gasteiger partial charge on any atom is -0.496 e. The van der Waals surface area contributed by atoms with Crippen molar-refractivity contribution in [3.8, 4) is 5.75 Å². The van der Waals surface area contributed by atoms with Gasteiger partial charge in [-0.05, 0) is 66.4 Å². The molecule has 0 aliphatic rings. The molecule has 0 radical (unpaired) electrons. The van der Waals surface area contributed by atoms with Crippen molar-refractivity contribution in [1.29, 1.82) is 0 Å². The molecule has 0 saturated heterocycles. The third kappa shape index (κ3) is 6.34. The molecule has 0 bridgehead atoms. The van der Waals surface area contributed by atoms with Crippen LogP contribution in [-0.2, 0) is 29.2 Å². The number of ether oxygens (including phenoxy) is 2. The summed E-state index contributed by atoms with van der Waals surface area (Å²) in [5.74, 6) is 0.893. The standard InChI is InChI=1S/C29H36N6O4/c1-7-39-26(36)17-35-28(31-32-33-35)27(18(2)3)34(15-21-10-8-9-11-25(21)38-6)16-22-14-23-20(5)12-19(4)13-24(23)30-29(22)37/h8-14,18,27H,7,15-17H2,1-6H3,(H,30,37)/t27-/m1/s1. The largest absolute Gasteiger partial charge is 0.496 e. The number of aromatic amines is 1. The lowest BCUT2D eigenvalue weighted by Crippen LogP contribution is -2.36. The van der Waals surface area contributed by atoms with Crippen molar-refractivity contribution in [2.24, 2.45) is 5.92 Å². The van der Waals surface area contributed by atoms with Crippen molar-refractivity contribution in [1.82, 2.24) is 30.1 Å². The number of benzene rings is 2. The molecule has 0 fully saturated rings. The number of pyridine rings is 1. The average Bonchev–Trinajstić information content (AvgIpc) is 3.32. The molecule has 1 N–H and O–H groups in total. The summed E-state index contributed by atoms with van der Waals surface area (Å²) in [5, 5.41) is 13.3. The highest BCUT2D eigenvalue weighted by molar-refractivity contribution is 5.83. The van der Waals surface area contributed by atoms with E-state index in [1.54, 1.807) is 14.0 Å². The highest BCUT2D eigenvalue weighted by atomic mass is 16.5. The molecule has 10 heteroatoms. The van der Waals surface area contributed by atoms with Crippen LogP contribution in [0.15, 0.2) is 47.3 Å². The average molecular weight is 533 g/mol. The van der Waals surface area contributed by atoms with E-state index in [0.717, 1.165) is 33.3 Å². The second kappa shape index (κ2) is 12.2. The highest BCUT2D eigenvalue weighted by Crippen LogP contribution is 2.32. The Morgan fingerprint density at radius 3 is 2.56 bits per heavy atom. The third-order valence-electron chi connectivity index (χ3n) is 6.76. The molecule has 0 aliphatic heterocycles. The van der Waals surface area contributed by atoms with Crippen molar-refractivity contribution in [3.63, 3.8) is 0 Å². The maximum absolute atomic E-state index is 13.3. The highest BCUT2D eigenvalue weighted by Gasteiger charge is 2.31. The smallest absolute Gasteiger partial charge is 0.327 e. The number of hydrogen-bond donors (Lipinski definition) is 1. The van der Waals surface area contributed by atoms with Gasteiger partial charge in [-0.15, -0.1) is 5.10 Å². The first-order valence-corrected chi connectivity index (χ1v) is 13.1. The van der Waals surface area contributed by atoms with Gasteiger partial charge >= 0.3 is 5.97 Å². The number of carbonyl (C=O) groups excluding carboxylic acids is 1. The molecule has 1 atom stereocenters. The van der Waals surface area contributed by atoms with Crippen LogP contribution >= 0.6 is 0 Å². The number of carbonyl (C=O) groups is 1. The molecular weight excluding hydrogens is 496 g/mol. The van der Waals surface area contributed by atoms with E-state index in [0.29, 0.717) is 24.5 Å². The number of esters is 1. The van der Waals surface area contributed by atoms with Crippen LogP contribution in [-0.4, -0.2) is 49.8 Å². The van der Waals surface area contributed by atoms with E-state index in [-0.39, 0.29) is 30.7 Å². The van der Waals surface area contributed by atoms with Crippen molar-refractivity contribution in [2.45, 2.75) is 60.3 Å². The van der Waals surface area contributed by atoms with E-state index in [2.05, 4.69) is 45.3 Å². The fourth-order valence-corrected chi connectivity index (χ4v) is 5.11. The Balaban J connectivity index is 1.81. The SMILES string of the molecule is CCOC(=O)Cn1nnnc1[C@@H](C(C)C)N(Cc1ccccc1OC)Cc1cc2c(C)cc(C)cc2[nH]c1=O. The van der Waals surface area contributed by atoms with Gasteiger partial charge in [-0.2, -0.15) is 0 Å². The minimum absolute atomic E-state index is 0.0376. The fraction of sp³-hybridized carbons (Fsp3) is 0.414. The lowest BCUT2D eigenvalue weighted by atomic mass is 9.99. The molecule has 2 heterocycles. The lowest BCUT2D eigenvalue weighted by Gasteiger charge is -2.34. The van der Waals surface area contributed by atoms with Crippen LogP contribution in [0.3, 0.4) is 0 Å². The Hall–Kier alpha value is -4.05. The molecule has 39 heavy (non-hydrogen) atoms. The monoisotopic (exact) mass is 532 g/mol. The summed E-state index contributed by atoms with van der Waals surface area (Å²) >= 11 is 0. The number of aryl methyl sites for hydroxylation is 2. The quantitative estimate of drug-likeness (QED) is 0.287. The Morgan fingerprint density at radius 1 is 1.10 bits per heavy atom. The predicted molar refractivity (Wildman–Crippen MR) is 148 cm³/mol. The van der Waals surface area contributed by atoms with Crippen molar-refractivity contribution in [3.05, 3.63) is 80.9 Å². The molecule has 0 spiro atoms. The Kier molecular flexibility index (Phi) is 8.75. The number of H-pyrrole nitrogens is 1. The van der Waals surface area contributed by atoms with E-state index in [1.807, 2.05) is 50.2 Å². The van der Waals surface area contributed by atoms with E-state index in [9.17, 15) is 9.59 Å². The molecule has 4 rings (SSSR count). The minimum atomic E-state index is -0.415. The maximum Gasteiger partial charge on any atom is 0.327 e. The molecule has 0 amide bonds. The van der Waals surface area contributed by atoms with Crippen LogP contribution in [0.5, 0.6) is 5.75 Å². The number of nitrogens with one attached hydrogen (secondary N) is 1. The molecule has 2 aromatic heterocycles. The van der Waals surface area contributed by atoms with Crippen LogP contribution in [0, 0.1) is 19.8 Å². The van der Waals surface area contributed by atoms with Crippen LogP contribution in [0.4, 0.5) is 0 Å². The molecule has 206 valence electrons. The summed E-state index contributed by atoms with van der Waals surface area (Å²) < 4.78 is 12.3. The Bertz CT molecular complexity index is 1510. The number of para-hydroxylation sites is 1. The van der Waals surface area contributed by atoms with Gasteiger partial charge in [-0.3, -0.25) is 14.5 Å². The first kappa shape index (κ1) is 28.0. The molecule has 2 aromatic carbocycles. The topological polar surface area (TPSA) is 115 Å². The van der Waals surface area contributed by atoms with Gasteiger partial charge < -0.3 is 14.5 Å². The summed E-state index contributed by atoms with van der Waals surface area (Å²) in [6.07, 6.45) is 0. The summed E-state index contributed by atoms with van der Waals surface area (Å²) in [7, 11) is 1.64. The predicted octanol–water partition coefficient (Wildman–Crippen LogP) is 4.10. The molecule has 4 aromatic rings. The van der Waals surface area contributed by atoms with Crippen molar-refractivity contribution >= 4 is 16.9 Å². The van der Waals surface area contributed by atoms with Gasteiger partial charge in [0.1, 0.15) is 12.3 Å². The van der Waals surface area contributed by atoms with Gasteiger partial charge in [0.05, 0.1) is 19.8 Å². The molecule has 0 saturated carbocycles. The van der Waals surface area contributed by atoms with Gasteiger partial charge in [0.15, 0.2) is 5.82 Å². The molecule has 0 unspecified atom stereocenters. The number of hydrogen-bond acceptors (Lipinski definition) is 8. The zero-order valence-corrected chi connectivity index (χ0v) is 23.4. The van der Waals surface area contributed by atoms with E-state index >= 15 is 0 Å². The van der Waals surface area contributed by atoms with Crippen LogP contribution in [0.25, 0.3) is 10.9 Å². The zero-order chi connectivity index (χ0) is 28.1. The van der Waals surface area contributed by atoms with Gasteiger partial charge in [0, 0.05) is 35.1 Å². The zero-order valence-electron chi connectivity index (χ0n) is 23.4. The lowest BCUT2D eigenvalue weighted by molar-refractivity contribution is -0.144. The summed E-state index contributed by atoms with van der Waals surface area (Å²) in [6, 6.07) is 13.5. The van der Waals surface area contributed by atoms with Gasteiger partial charge in [0.25, 0.3) is 5.56 Å². The van der Waals surface area contributed by atoms with Crippen LogP contribution in [0.1, 0.15) is 54.9 Å². The molecule has 10 nitrogen and oxygen atoms in total. The number of methoxy groups -OCH3 is 1. The maximum atomic E-state index is 13.3. The Labute approximate surface area is 227 Å². The van der Waals surface area contributed by atoms with Crippen LogP contribution in [0.2, 0.25) is 0 Å². The van der Waals surface area contributed by atoms with Crippen LogP contribution < -0.4 is 10.3 Å². The van der Waals surface area contributed by atoms with Crippen molar-refractivity contribution < 1.29 is 14.3 Å². The second-order valence-corrected chi connectivity index (χ2v) is 10.1. The Morgan fingerprint density at radius 2 is 1.85 bits per heavy atom. The molecular formula is C29H36N6O4. The first-order chi connectivity index (χ1) is 18.7. The second-order valence-electron chi connectivity index (χ2n) is 10.1. The molecule has 0 aliphatic carbocycles. The number of tetrazole rings is 1. The van der Waals surface area contributed by atoms with E-state index in [1.165, 1.54) is 4.68 Å². The van der Waals surface area contributed by atoms with Gasteiger partial charge in [-0.25, -0.2) is 4.68 Å². The number of aromatic nitrogens is 5. The van der Waals surface area contributed by atoms with E-state index < -0.39 is 5.97 Å². The first-order valence-electron chi connectivity index (χ1n) is 13.1. The fourth-order valence-electron chi connectivity index (χ4n) is 5.11. The normalized spacial score (nSPS) is 12.3. The van der Waals surface area contributed by atoms with Crippen molar-refractivity contribution in [2.75, 3.05) is 13.7 Å². The summed E-state index contributed by atoms with van der Waals surface area (Å²) in [6.45, 7) is 10.9. The number of nitrogens with zero attached hydrogens (tertiary/aromatic N) is 5. The third-order valence-corrected chi connectivity index (χ3v) is 6.76. The van der Waals surface area contributed by atoms with Gasteiger partial charge in [-0.1, -0.05) is 38.1 Å². The summed E-state index contributed by atoms with van der Waals surface area (Å²) in [5.41, 5.74) is 4.44. The van der Waals surface area contributed by atoms with Gasteiger partial charge in [0.2, 0.25) is 0 Å². The number of fused-ring (bicyclic) bond motifs is 1. The summed E-state index contributed by atoms with van der Waals surface area (Å²) in [4.78, 5) is 30.9. The number of rotatable bonds is 11.